The van der Waals surface area contributed by atoms with E-state index in [0.29, 0.717) is 25.6 Å². The molecule has 0 saturated carbocycles. The molecule has 1 heterocycles. The molecule has 1 atom stereocenters. The van der Waals surface area contributed by atoms with E-state index in [0.717, 1.165) is 19.3 Å². The van der Waals surface area contributed by atoms with Crippen molar-refractivity contribution in [3.63, 3.8) is 0 Å². The van der Waals surface area contributed by atoms with Crippen molar-refractivity contribution in [2.75, 3.05) is 19.6 Å². The Labute approximate surface area is 99.1 Å². The average Bonchev–Trinajstić information content (AvgIpc) is 2.26. The fourth-order valence-corrected chi connectivity index (χ4v) is 2.17. The number of hydrogen-bond acceptors (Lipinski definition) is 2. The van der Waals surface area contributed by atoms with Gasteiger partial charge in [-0.05, 0) is 31.7 Å². The highest BCUT2D eigenvalue weighted by molar-refractivity contribution is 5.76. The number of nitrogens with zero attached hydrogens (tertiary/aromatic N) is 1. The van der Waals surface area contributed by atoms with Gasteiger partial charge in [0.1, 0.15) is 0 Å². The topological polar surface area (TPSA) is 46.3 Å². The third-order valence-electron chi connectivity index (χ3n) is 3.07. The van der Waals surface area contributed by atoms with Crippen molar-refractivity contribution in [3.05, 3.63) is 0 Å². The molecule has 100 valence electrons. The predicted octanol–water partition coefficient (Wildman–Crippen LogP) is 1.92. The zero-order chi connectivity index (χ0) is 12.9. The number of nitrogens with two attached hydrogens (primary N) is 1. The summed E-state index contributed by atoms with van der Waals surface area (Å²) in [6.45, 7) is 1.71. The lowest BCUT2D eigenvalue weighted by Crippen LogP contribution is -2.40. The summed E-state index contributed by atoms with van der Waals surface area (Å²) in [6.07, 6.45) is -2.99. The van der Waals surface area contributed by atoms with Gasteiger partial charge >= 0.3 is 6.18 Å². The fraction of sp³-hybridized carbons (Fsp3) is 0.909. The second-order valence-corrected chi connectivity index (χ2v) is 4.54. The SMILES string of the molecule is NCCC1CCCN(C(=O)CCC(F)(F)F)C1. The number of amides is 1. The Bertz CT molecular complexity index is 254. The lowest BCUT2D eigenvalue weighted by molar-refractivity contribution is -0.150. The second-order valence-electron chi connectivity index (χ2n) is 4.54. The van der Waals surface area contributed by atoms with Crippen LogP contribution in [0.5, 0.6) is 0 Å². The lowest BCUT2D eigenvalue weighted by Gasteiger charge is -2.32. The van der Waals surface area contributed by atoms with Crippen molar-refractivity contribution in [2.45, 2.75) is 38.3 Å². The maximum absolute atomic E-state index is 12.0. The number of hydrogen-bond donors (Lipinski definition) is 1. The predicted molar refractivity (Wildman–Crippen MR) is 58.3 cm³/mol. The molecular weight excluding hydrogens is 233 g/mol. The van der Waals surface area contributed by atoms with Crippen LogP contribution >= 0.6 is 0 Å². The van der Waals surface area contributed by atoms with Gasteiger partial charge in [0, 0.05) is 19.5 Å². The van der Waals surface area contributed by atoms with E-state index in [1.807, 2.05) is 0 Å². The van der Waals surface area contributed by atoms with Gasteiger partial charge in [0.05, 0.1) is 6.42 Å². The first-order valence-corrected chi connectivity index (χ1v) is 5.97. The summed E-state index contributed by atoms with van der Waals surface area (Å²) in [5.41, 5.74) is 5.44. The number of carbonyl (C=O) groups is 1. The molecule has 0 bridgehead atoms. The summed E-state index contributed by atoms with van der Waals surface area (Å²) in [7, 11) is 0. The maximum Gasteiger partial charge on any atom is 0.389 e. The first-order chi connectivity index (χ1) is 7.92. The molecule has 17 heavy (non-hydrogen) atoms. The van der Waals surface area contributed by atoms with E-state index in [1.54, 1.807) is 4.90 Å². The molecule has 0 radical (unpaired) electrons. The molecule has 1 unspecified atom stereocenters. The van der Waals surface area contributed by atoms with Gasteiger partial charge in [-0.25, -0.2) is 0 Å². The van der Waals surface area contributed by atoms with Crippen LogP contribution < -0.4 is 5.73 Å². The first-order valence-electron chi connectivity index (χ1n) is 5.97. The molecule has 0 aliphatic carbocycles. The second kappa shape index (κ2) is 6.23. The van der Waals surface area contributed by atoms with Crippen molar-refractivity contribution in [2.24, 2.45) is 11.7 Å². The summed E-state index contributed by atoms with van der Waals surface area (Å²) in [5.74, 6) is -0.0346. The summed E-state index contributed by atoms with van der Waals surface area (Å²) in [6, 6.07) is 0. The highest BCUT2D eigenvalue weighted by atomic mass is 19.4. The van der Waals surface area contributed by atoms with E-state index < -0.39 is 19.0 Å². The number of likely N-dealkylation sites (tertiary alicyclic amines) is 1. The maximum atomic E-state index is 12.0. The van der Waals surface area contributed by atoms with Crippen LogP contribution in [0.25, 0.3) is 0 Å². The molecule has 0 aromatic rings. The van der Waals surface area contributed by atoms with Gasteiger partial charge in [0.25, 0.3) is 0 Å². The molecule has 1 rings (SSSR count). The third-order valence-corrected chi connectivity index (χ3v) is 3.07. The Balaban J connectivity index is 2.36. The standard InChI is InChI=1S/C11H19F3N2O/c12-11(13,14)5-3-10(17)16-7-1-2-9(8-16)4-6-15/h9H,1-8,15H2. The highest BCUT2D eigenvalue weighted by Gasteiger charge is 2.30. The van der Waals surface area contributed by atoms with Crippen LogP contribution in [0.15, 0.2) is 0 Å². The van der Waals surface area contributed by atoms with E-state index in [9.17, 15) is 18.0 Å². The van der Waals surface area contributed by atoms with E-state index in [-0.39, 0.29) is 5.91 Å². The average molecular weight is 252 g/mol. The Morgan fingerprint density at radius 1 is 1.41 bits per heavy atom. The van der Waals surface area contributed by atoms with E-state index in [2.05, 4.69) is 0 Å². The minimum absolute atomic E-state index is 0.351. The smallest absolute Gasteiger partial charge is 0.342 e. The van der Waals surface area contributed by atoms with Crippen LogP contribution in [0.4, 0.5) is 13.2 Å². The molecule has 1 fully saturated rings. The number of rotatable bonds is 4. The van der Waals surface area contributed by atoms with Gasteiger partial charge in [-0.1, -0.05) is 0 Å². The fourth-order valence-electron chi connectivity index (χ4n) is 2.17. The van der Waals surface area contributed by atoms with Crippen LogP contribution in [-0.2, 0) is 4.79 Å². The van der Waals surface area contributed by atoms with Gasteiger partial charge in [-0.2, -0.15) is 13.2 Å². The summed E-state index contributed by atoms with van der Waals surface area (Å²) < 4.78 is 36.0. The molecule has 0 spiro atoms. The Morgan fingerprint density at radius 2 is 2.12 bits per heavy atom. The summed E-state index contributed by atoms with van der Waals surface area (Å²) in [5, 5.41) is 0. The molecule has 6 heteroatoms. The molecule has 1 saturated heterocycles. The molecule has 0 aromatic heterocycles. The summed E-state index contributed by atoms with van der Waals surface area (Å²) in [4.78, 5) is 13.1. The van der Waals surface area contributed by atoms with Gasteiger partial charge < -0.3 is 10.6 Å². The van der Waals surface area contributed by atoms with Gasteiger partial charge in [-0.3, -0.25) is 4.79 Å². The third kappa shape index (κ3) is 5.39. The Kier molecular flexibility index (Phi) is 5.24. The molecule has 1 aliphatic heterocycles. The largest absolute Gasteiger partial charge is 0.389 e. The summed E-state index contributed by atoms with van der Waals surface area (Å²) >= 11 is 0. The van der Waals surface area contributed by atoms with Crippen LogP contribution in [0.3, 0.4) is 0 Å². The number of halogens is 3. The van der Waals surface area contributed by atoms with E-state index in [4.69, 9.17) is 5.73 Å². The van der Waals surface area contributed by atoms with Crippen molar-refractivity contribution in [1.82, 2.24) is 4.90 Å². The highest BCUT2D eigenvalue weighted by Crippen LogP contribution is 2.24. The quantitative estimate of drug-likeness (QED) is 0.830. The molecule has 1 amide bonds. The van der Waals surface area contributed by atoms with Gasteiger partial charge in [-0.15, -0.1) is 0 Å². The van der Waals surface area contributed by atoms with Crippen LogP contribution in [0.1, 0.15) is 32.1 Å². The van der Waals surface area contributed by atoms with E-state index in [1.165, 1.54) is 0 Å². The molecule has 1 aliphatic rings. The molecule has 0 aromatic carbocycles. The minimum atomic E-state index is -4.25. The number of piperidine rings is 1. The lowest BCUT2D eigenvalue weighted by atomic mass is 9.94. The van der Waals surface area contributed by atoms with Crippen LogP contribution in [-0.4, -0.2) is 36.6 Å². The minimum Gasteiger partial charge on any atom is -0.342 e. The molecule has 2 N–H and O–H groups in total. The normalized spacial score (nSPS) is 21.6. The van der Waals surface area contributed by atoms with Gasteiger partial charge in [0.2, 0.25) is 5.91 Å². The van der Waals surface area contributed by atoms with Crippen molar-refractivity contribution in [3.8, 4) is 0 Å². The molecule has 3 nitrogen and oxygen atoms in total. The van der Waals surface area contributed by atoms with Crippen molar-refractivity contribution in [1.29, 1.82) is 0 Å². The Hall–Kier alpha value is -0.780. The molecular formula is C11H19F3N2O. The first kappa shape index (κ1) is 14.3. The van der Waals surface area contributed by atoms with Crippen LogP contribution in [0.2, 0.25) is 0 Å². The van der Waals surface area contributed by atoms with Crippen molar-refractivity contribution < 1.29 is 18.0 Å². The number of carbonyl (C=O) groups excluding carboxylic acids is 1. The zero-order valence-corrected chi connectivity index (χ0v) is 9.80. The zero-order valence-electron chi connectivity index (χ0n) is 9.80. The van der Waals surface area contributed by atoms with E-state index >= 15 is 0 Å². The van der Waals surface area contributed by atoms with Crippen LogP contribution in [0, 0.1) is 5.92 Å². The van der Waals surface area contributed by atoms with Gasteiger partial charge in [0.15, 0.2) is 0 Å². The monoisotopic (exact) mass is 252 g/mol. The van der Waals surface area contributed by atoms with Crippen molar-refractivity contribution >= 4 is 5.91 Å². The number of alkyl halides is 3. The Morgan fingerprint density at radius 3 is 2.71 bits per heavy atom.